The molecule has 1 amide bonds. The molecule has 7 nitrogen and oxygen atoms in total. The number of halogens is 1. The largest absolute Gasteiger partial charge is 0.383 e. The van der Waals surface area contributed by atoms with Crippen LogP contribution in [0.15, 0.2) is 15.5 Å². The van der Waals surface area contributed by atoms with Crippen molar-refractivity contribution < 1.29 is 9.53 Å². The Balaban J connectivity index is 1.65. The standard InChI is InChI=1S/C19H29BrN4O3/c1-11-13-7-12(19(13,2)3)8-14(11)23-15-9-22-24(18(26)17(15)20)10-16(25)21-5-6-27-4/h9,11-14,23H,5-8,10H2,1-4H3,(H,21,25)/t11-,12+,13-,14-/m1/s1. The molecular weight excluding hydrogens is 412 g/mol. The first-order valence-corrected chi connectivity index (χ1v) is 10.3. The zero-order valence-electron chi connectivity index (χ0n) is 16.4. The van der Waals surface area contributed by atoms with E-state index in [0.717, 1.165) is 18.3 Å². The molecule has 1 heterocycles. The maximum Gasteiger partial charge on any atom is 0.283 e. The van der Waals surface area contributed by atoms with Gasteiger partial charge >= 0.3 is 0 Å². The molecule has 4 rings (SSSR count). The zero-order valence-corrected chi connectivity index (χ0v) is 18.0. The van der Waals surface area contributed by atoms with Gasteiger partial charge in [-0.15, -0.1) is 0 Å². The first-order chi connectivity index (χ1) is 12.8. The quantitative estimate of drug-likeness (QED) is 0.635. The fourth-order valence-electron chi connectivity index (χ4n) is 4.70. The van der Waals surface area contributed by atoms with E-state index in [2.05, 4.69) is 52.4 Å². The zero-order chi connectivity index (χ0) is 19.8. The van der Waals surface area contributed by atoms with Crippen molar-refractivity contribution in [1.82, 2.24) is 15.1 Å². The number of hydrogen-bond donors (Lipinski definition) is 2. The lowest BCUT2D eigenvalue weighted by Crippen LogP contribution is -2.58. The third-order valence-electron chi connectivity index (χ3n) is 6.60. The highest BCUT2D eigenvalue weighted by Crippen LogP contribution is 2.61. The summed E-state index contributed by atoms with van der Waals surface area (Å²) in [5.41, 5.74) is 0.815. The van der Waals surface area contributed by atoms with Crippen molar-refractivity contribution in [3.05, 3.63) is 21.0 Å². The first-order valence-electron chi connectivity index (χ1n) is 9.53. The fourth-order valence-corrected chi connectivity index (χ4v) is 5.12. The molecule has 4 atom stereocenters. The lowest BCUT2D eigenvalue weighted by Gasteiger charge is -2.62. The maximum atomic E-state index is 12.6. The summed E-state index contributed by atoms with van der Waals surface area (Å²) in [7, 11) is 1.57. The van der Waals surface area contributed by atoms with E-state index in [-0.39, 0.29) is 18.0 Å². The van der Waals surface area contributed by atoms with Crippen LogP contribution in [0.1, 0.15) is 33.6 Å². The molecule has 27 heavy (non-hydrogen) atoms. The van der Waals surface area contributed by atoms with Crippen LogP contribution in [0.25, 0.3) is 0 Å². The average Bonchev–Trinajstić information content (AvgIpc) is 2.62. The summed E-state index contributed by atoms with van der Waals surface area (Å²) in [4.78, 5) is 24.5. The molecule has 2 bridgehead atoms. The van der Waals surface area contributed by atoms with E-state index in [4.69, 9.17) is 4.74 Å². The molecule has 1 aromatic rings. The van der Waals surface area contributed by atoms with Crippen molar-refractivity contribution >= 4 is 27.5 Å². The second kappa shape index (κ2) is 7.91. The van der Waals surface area contributed by atoms with Gasteiger partial charge in [0.25, 0.3) is 5.56 Å². The SMILES string of the molecule is COCCNC(=O)Cn1ncc(N[C@@H]2C[C@@H]3C[C@H]([C@H]2C)C3(C)C)c(Br)c1=O. The number of nitrogens with zero attached hydrogens (tertiary/aromatic N) is 2. The second-order valence-electron chi connectivity index (χ2n) is 8.38. The van der Waals surface area contributed by atoms with E-state index < -0.39 is 0 Å². The van der Waals surface area contributed by atoms with Gasteiger partial charge in [-0.2, -0.15) is 5.10 Å². The number of rotatable bonds is 7. The Morgan fingerprint density at radius 2 is 2.19 bits per heavy atom. The Morgan fingerprint density at radius 3 is 2.81 bits per heavy atom. The Morgan fingerprint density at radius 1 is 1.44 bits per heavy atom. The summed E-state index contributed by atoms with van der Waals surface area (Å²) in [6, 6.07) is 0.340. The van der Waals surface area contributed by atoms with E-state index in [9.17, 15) is 9.59 Å². The summed E-state index contributed by atoms with van der Waals surface area (Å²) in [5, 5.41) is 10.4. The Hall–Kier alpha value is -1.41. The second-order valence-corrected chi connectivity index (χ2v) is 9.18. The van der Waals surface area contributed by atoms with Crippen LogP contribution in [0.4, 0.5) is 5.69 Å². The van der Waals surface area contributed by atoms with Gasteiger partial charge in [-0.25, -0.2) is 4.68 Å². The van der Waals surface area contributed by atoms with Crippen LogP contribution in [0.2, 0.25) is 0 Å². The number of nitrogens with one attached hydrogen (secondary N) is 2. The molecule has 0 aliphatic heterocycles. The van der Waals surface area contributed by atoms with E-state index >= 15 is 0 Å². The fraction of sp³-hybridized carbons (Fsp3) is 0.737. The minimum Gasteiger partial charge on any atom is -0.383 e. The molecule has 0 saturated heterocycles. The van der Waals surface area contributed by atoms with E-state index in [0.29, 0.717) is 40.7 Å². The van der Waals surface area contributed by atoms with Gasteiger partial charge in [0.1, 0.15) is 11.0 Å². The van der Waals surface area contributed by atoms with Crippen LogP contribution in [-0.4, -0.2) is 42.0 Å². The Bertz CT molecular complexity index is 764. The Kier molecular flexibility index (Phi) is 5.96. The molecule has 3 aliphatic carbocycles. The van der Waals surface area contributed by atoms with Gasteiger partial charge in [-0.1, -0.05) is 20.8 Å². The van der Waals surface area contributed by atoms with Crippen LogP contribution in [0.3, 0.4) is 0 Å². The molecule has 0 unspecified atom stereocenters. The van der Waals surface area contributed by atoms with E-state index in [1.54, 1.807) is 13.3 Å². The van der Waals surface area contributed by atoms with Crippen LogP contribution in [-0.2, 0) is 16.1 Å². The highest BCUT2D eigenvalue weighted by atomic mass is 79.9. The summed E-state index contributed by atoms with van der Waals surface area (Å²) in [6.45, 7) is 7.76. The van der Waals surface area contributed by atoms with Crippen LogP contribution in [0.5, 0.6) is 0 Å². The number of anilines is 1. The number of aromatic nitrogens is 2. The normalized spacial score (nSPS) is 28.3. The topological polar surface area (TPSA) is 85.2 Å². The van der Waals surface area contributed by atoms with Gasteiger partial charge in [0, 0.05) is 19.7 Å². The number of fused-ring (bicyclic) bond motifs is 2. The van der Waals surface area contributed by atoms with Crippen molar-refractivity contribution in [3.8, 4) is 0 Å². The predicted octanol–water partition coefficient (Wildman–Crippen LogP) is 2.25. The van der Waals surface area contributed by atoms with Crippen LogP contribution in [0, 0.1) is 23.2 Å². The van der Waals surface area contributed by atoms with Gasteiger partial charge in [-0.05, 0) is 51.9 Å². The van der Waals surface area contributed by atoms with E-state index in [1.807, 2.05) is 0 Å². The lowest BCUT2D eigenvalue weighted by molar-refractivity contribution is -0.122. The summed E-state index contributed by atoms with van der Waals surface area (Å²) < 4.78 is 6.48. The summed E-state index contributed by atoms with van der Waals surface area (Å²) in [5.74, 6) is 1.74. The molecule has 0 aromatic carbocycles. The number of amides is 1. The van der Waals surface area contributed by atoms with Gasteiger partial charge in [0.2, 0.25) is 5.91 Å². The van der Waals surface area contributed by atoms with Crippen molar-refractivity contribution in [3.63, 3.8) is 0 Å². The summed E-state index contributed by atoms with van der Waals surface area (Å²) >= 11 is 3.39. The number of ether oxygens (including phenoxy) is 1. The molecule has 0 spiro atoms. The van der Waals surface area contributed by atoms with Gasteiger partial charge in [0.05, 0.1) is 18.5 Å². The predicted molar refractivity (Wildman–Crippen MR) is 108 cm³/mol. The van der Waals surface area contributed by atoms with Gasteiger partial charge in [-0.3, -0.25) is 9.59 Å². The van der Waals surface area contributed by atoms with Crippen molar-refractivity contribution in [1.29, 1.82) is 0 Å². The lowest BCUT2D eigenvalue weighted by atomic mass is 9.45. The highest BCUT2D eigenvalue weighted by Gasteiger charge is 2.56. The average molecular weight is 441 g/mol. The molecule has 0 radical (unpaired) electrons. The van der Waals surface area contributed by atoms with Gasteiger partial charge in [0.15, 0.2) is 0 Å². The van der Waals surface area contributed by atoms with Gasteiger partial charge < -0.3 is 15.4 Å². The first kappa shape index (κ1) is 20.3. The molecular formula is C19H29BrN4O3. The molecule has 2 N–H and O–H groups in total. The smallest absolute Gasteiger partial charge is 0.283 e. The third-order valence-corrected chi connectivity index (χ3v) is 7.37. The van der Waals surface area contributed by atoms with E-state index in [1.165, 1.54) is 11.1 Å². The molecule has 8 heteroatoms. The molecule has 150 valence electrons. The molecule has 3 fully saturated rings. The maximum absolute atomic E-state index is 12.6. The van der Waals surface area contributed by atoms with Crippen molar-refractivity contribution in [2.75, 3.05) is 25.6 Å². The third kappa shape index (κ3) is 3.92. The minimum atomic E-state index is -0.309. The number of carbonyl (C=O) groups excluding carboxylic acids is 1. The molecule has 3 saturated carbocycles. The number of hydrogen-bond acceptors (Lipinski definition) is 5. The molecule has 1 aromatic heterocycles. The van der Waals surface area contributed by atoms with Crippen LogP contribution < -0.4 is 16.2 Å². The summed E-state index contributed by atoms with van der Waals surface area (Å²) in [6.07, 6.45) is 4.06. The van der Waals surface area contributed by atoms with Crippen molar-refractivity contribution in [2.45, 2.75) is 46.2 Å². The monoisotopic (exact) mass is 440 g/mol. The number of carbonyl (C=O) groups is 1. The van der Waals surface area contributed by atoms with Crippen molar-refractivity contribution in [2.24, 2.45) is 23.2 Å². The number of methoxy groups -OCH3 is 1. The Labute approximate surface area is 168 Å². The molecule has 3 aliphatic rings. The highest BCUT2D eigenvalue weighted by molar-refractivity contribution is 9.10. The minimum absolute atomic E-state index is 0.112. The van der Waals surface area contributed by atoms with Crippen LogP contribution >= 0.6 is 15.9 Å².